The summed E-state index contributed by atoms with van der Waals surface area (Å²) in [5, 5.41) is 0. The highest BCUT2D eigenvalue weighted by Crippen LogP contribution is 2.33. The first kappa shape index (κ1) is 12.4. The number of rotatable bonds is 3. The van der Waals surface area contributed by atoms with Gasteiger partial charge in [-0.2, -0.15) is 8.78 Å². The summed E-state index contributed by atoms with van der Waals surface area (Å²) in [6.07, 6.45) is 5.51. The molecule has 3 nitrogen and oxygen atoms in total. The SMILES string of the molecule is C#CC1CC(=O)N(c2ccccc2OC(F)F)C1. The molecule has 1 fully saturated rings. The minimum absolute atomic E-state index is 0.0153. The number of ether oxygens (including phenoxy) is 1. The summed E-state index contributed by atoms with van der Waals surface area (Å²) in [6, 6.07) is 6.19. The van der Waals surface area contributed by atoms with Gasteiger partial charge in [-0.3, -0.25) is 4.79 Å². The molecule has 1 aromatic rings. The molecule has 1 atom stereocenters. The molecule has 1 amide bonds. The van der Waals surface area contributed by atoms with Crippen LogP contribution >= 0.6 is 0 Å². The van der Waals surface area contributed by atoms with Crippen molar-refractivity contribution in [3.63, 3.8) is 0 Å². The molecule has 1 heterocycles. The Kier molecular flexibility index (Phi) is 3.47. The van der Waals surface area contributed by atoms with Crippen molar-refractivity contribution in [1.29, 1.82) is 0 Å². The number of amides is 1. The van der Waals surface area contributed by atoms with E-state index in [0.29, 0.717) is 12.2 Å². The molecular weight excluding hydrogens is 240 g/mol. The van der Waals surface area contributed by atoms with E-state index in [0.717, 1.165) is 0 Å². The van der Waals surface area contributed by atoms with Crippen LogP contribution in [0.25, 0.3) is 0 Å². The first-order valence-electron chi connectivity index (χ1n) is 5.42. The summed E-state index contributed by atoms with van der Waals surface area (Å²) < 4.78 is 28.9. The van der Waals surface area contributed by atoms with Crippen molar-refractivity contribution in [1.82, 2.24) is 0 Å². The molecule has 0 N–H and O–H groups in total. The fourth-order valence-corrected chi connectivity index (χ4v) is 1.93. The minimum atomic E-state index is -2.92. The average Bonchev–Trinajstić information content (AvgIpc) is 2.70. The van der Waals surface area contributed by atoms with Crippen molar-refractivity contribution in [2.75, 3.05) is 11.4 Å². The molecule has 2 rings (SSSR count). The molecular formula is C13H11F2NO2. The van der Waals surface area contributed by atoms with Gasteiger partial charge in [0.25, 0.3) is 0 Å². The van der Waals surface area contributed by atoms with Crippen molar-refractivity contribution in [2.45, 2.75) is 13.0 Å². The maximum absolute atomic E-state index is 12.3. The molecule has 0 spiro atoms. The monoisotopic (exact) mass is 251 g/mol. The van der Waals surface area contributed by atoms with Crippen molar-refractivity contribution >= 4 is 11.6 Å². The molecule has 5 heteroatoms. The van der Waals surface area contributed by atoms with E-state index in [2.05, 4.69) is 10.7 Å². The molecule has 18 heavy (non-hydrogen) atoms. The Balaban J connectivity index is 2.28. The highest BCUT2D eigenvalue weighted by Gasteiger charge is 2.31. The largest absolute Gasteiger partial charge is 0.433 e. The van der Waals surface area contributed by atoms with E-state index in [4.69, 9.17) is 6.42 Å². The number of benzene rings is 1. The van der Waals surface area contributed by atoms with E-state index in [1.54, 1.807) is 18.2 Å². The Bertz CT molecular complexity index is 496. The number of carbonyl (C=O) groups is 1. The number of hydrogen-bond donors (Lipinski definition) is 0. The van der Waals surface area contributed by atoms with Gasteiger partial charge in [0.2, 0.25) is 5.91 Å². The number of para-hydroxylation sites is 2. The van der Waals surface area contributed by atoms with E-state index in [1.165, 1.54) is 11.0 Å². The standard InChI is InChI=1S/C13H11F2NO2/c1-2-9-7-12(17)16(8-9)10-5-3-4-6-11(10)18-13(14)15/h1,3-6,9,13H,7-8H2. The Morgan fingerprint density at radius 1 is 1.44 bits per heavy atom. The van der Waals surface area contributed by atoms with Crippen molar-refractivity contribution < 1.29 is 18.3 Å². The molecule has 0 radical (unpaired) electrons. The number of halogens is 2. The van der Waals surface area contributed by atoms with E-state index in [1.807, 2.05) is 0 Å². The molecule has 94 valence electrons. The predicted molar refractivity (Wildman–Crippen MR) is 62.4 cm³/mol. The normalized spacial score (nSPS) is 19.1. The third-order valence-corrected chi connectivity index (χ3v) is 2.73. The molecule has 1 saturated heterocycles. The van der Waals surface area contributed by atoms with E-state index in [-0.39, 0.29) is 24.0 Å². The van der Waals surface area contributed by atoms with Gasteiger partial charge in [0.15, 0.2) is 0 Å². The van der Waals surface area contributed by atoms with Gasteiger partial charge in [0.1, 0.15) is 5.75 Å². The van der Waals surface area contributed by atoms with E-state index in [9.17, 15) is 13.6 Å². The maximum Gasteiger partial charge on any atom is 0.387 e. The second-order valence-electron chi connectivity index (χ2n) is 3.92. The third kappa shape index (κ3) is 2.43. The summed E-state index contributed by atoms with van der Waals surface area (Å²) >= 11 is 0. The molecule has 0 saturated carbocycles. The van der Waals surface area contributed by atoms with E-state index >= 15 is 0 Å². The zero-order chi connectivity index (χ0) is 13.1. The molecule has 1 unspecified atom stereocenters. The number of alkyl halides is 2. The van der Waals surface area contributed by atoms with E-state index < -0.39 is 6.61 Å². The second kappa shape index (κ2) is 5.05. The maximum atomic E-state index is 12.3. The summed E-state index contributed by atoms with van der Waals surface area (Å²) in [6.45, 7) is -2.59. The summed E-state index contributed by atoms with van der Waals surface area (Å²) in [5.41, 5.74) is 0.334. The molecule has 0 bridgehead atoms. The highest BCUT2D eigenvalue weighted by molar-refractivity contribution is 5.97. The van der Waals surface area contributed by atoms with Gasteiger partial charge in [-0.05, 0) is 12.1 Å². The Hall–Kier alpha value is -2.09. The second-order valence-corrected chi connectivity index (χ2v) is 3.92. The van der Waals surface area contributed by atoms with Gasteiger partial charge in [0.05, 0.1) is 5.69 Å². The van der Waals surface area contributed by atoms with Crippen LogP contribution in [0.5, 0.6) is 5.75 Å². The van der Waals surface area contributed by atoms with Gasteiger partial charge < -0.3 is 9.64 Å². The lowest BCUT2D eigenvalue weighted by Crippen LogP contribution is -2.25. The molecule has 0 aromatic heterocycles. The van der Waals surface area contributed by atoms with Crippen LogP contribution in [0.3, 0.4) is 0 Å². The van der Waals surface area contributed by atoms with Crippen molar-refractivity contribution in [3.8, 4) is 18.1 Å². The Morgan fingerprint density at radius 3 is 2.78 bits per heavy atom. The average molecular weight is 251 g/mol. The number of anilines is 1. The van der Waals surface area contributed by atoms with Crippen molar-refractivity contribution in [2.24, 2.45) is 5.92 Å². The lowest BCUT2D eigenvalue weighted by Gasteiger charge is -2.19. The number of hydrogen-bond acceptors (Lipinski definition) is 2. The lowest BCUT2D eigenvalue weighted by atomic mass is 10.1. The number of carbonyl (C=O) groups excluding carboxylic acids is 1. The van der Waals surface area contributed by atoms with Crippen LogP contribution in [0, 0.1) is 18.3 Å². The highest BCUT2D eigenvalue weighted by atomic mass is 19.3. The predicted octanol–water partition coefficient (Wildman–Crippen LogP) is 2.27. The first-order chi connectivity index (χ1) is 8.61. The number of nitrogens with zero attached hydrogens (tertiary/aromatic N) is 1. The van der Waals surface area contributed by atoms with Gasteiger partial charge >= 0.3 is 6.61 Å². The number of terminal acetylenes is 1. The minimum Gasteiger partial charge on any atom is -0.433 e. The van der Waals surface area contributed by atoms with Crippen molar-refractivity contribution in [3.05, 3.63) is 24.3 Å². The fraction of sp³-hybridized carbons (Fsp3) is 0.308. The zero-order valence-corrected chi connectivity index (χ0v) is 9.48. The quantitative estimate of drug-likeness (QED) is 0.771. The third-order valence-electron chi connectivity index (χ3n) is 2.73. The zero-order valence-electron chi connectivity index (χ0n) is 9.48. The molecule has 0 aliphatic carbocycles. The Morgan fingerprint density at radius 2 is 2.17 bits per heavy atom. The topological polar surface area (TPSA) is 29.5 Å². The van der Waals surface area contributed by atoms with Crippen LogP contribution in [0.15, 0.2) is 24.3 Å². The first-order valence-corrected chi connectivity index (χ1v) is 5.42. The van der Waals surface area contributed by atoms with Crippen LogP contribution in [-0.2, 0) is 4.79 Å². The molecule has 1 aromatic carbocycles. The van der Waals surface area contributed by atoms with Gasteiger partial charge in [-0.1, -0.05) is 12.1 Å². The summed E-state index contributed by atoms with van der Waals surface area (Å²) in [5.74, 6) is 2.13. The van der Waals surface area contributed by atoms with Gasteiger partial charge in [0, 0.05) is 18.9 Å². The summed E-state index contributed by atoms with van der Waals surface area (Å²) in [4.78, 5) is 13.2. The van der Waals surface area contributed by atoms with Gasteiger partial charge in [-0.15, -0.1) is 12.3 Å². The van der Waals surface area contributed by atoms with Crippen LogP contribution in [0.4, 0.5) is 14.5 Å². The van der Waals surface area contributed by atoms with Crippen LogP contribution in [0.2, 0.25) is 0 Å². The van der Waals surface area contributed by atoms with Gasteiger partial charge in [-0.25, -0.2) is 0 Å². The lowest BCUT2D eigenvalue weighted by molar-refractivity contribution is -0.117. The summed E-state index contributed by atoms with van der Waals surface area (Å²) in [7, 11) is 0. The Labute approximate surface area is 103 Å². The van der Waals surface area contributed by atoms with Crippen LogP contribution in [-0.4, -0.2) is 19.1 Å². The molecule has 1 aliphatic heterocycles. The smallest absolute Gasteiger partial charge is 0.387 e. The molecule has 1 aliphatic rings. The van der Waals surface area contributed by atoms with Crippen LogP contribution in [0.1, 0.15) is 6.42 Å². The fourth-order valence-electron chi connectivity index (χ4n) is 1.93. The van der Waals surface area contributed by atoms with Crippen LogP contribution < -0.4 is 9.64 Å².